The molecule has 0 aliphatic carbocycles. The van der Waals surface area contributed by atoms with Gasteiger partial charge in [0.15, 0.2) is 0 Å². The minimum absolute atomic E-state index is 0. The first-order chi connectivity index (χ1) is 15.5. The van der Waals surface area contributed by atoms with Gasteiger partial charge < -0.3 is 20.1 Å². The number of carboxylic acid groups (broad SMARTS) is 1. The van der Waals surface area contributed by atoms with E-state index < -0.39 is 12.0 Å². The summed E-state index contributed by atoms with van der Waals surface area (Å²) in [6, 6.07) is 3.92. The summed E-state index contributed by atoms with van der Waals surface area (Å²) in [4.78, 5) is 38.6. The Balaban J connectivity index is 0.00000306. The Labute approximate surface area is 200 Å². The number of fused-ring (bicyclic) bond motifs is 1. The van der Waals surface area contributed by atoms with E-state index >= 15 is 0 Å². The highest BCUT2D eigenvalue weighted by atomic mass is 32.1. The minimum Gasteiger partial charge on any atom is -0.481 e. The lowest BCUT2D eigenvalue weighted by atomic mass is 9.88. The van der Waals surface area contributed by atoms with E-state index in [1.165, 1.54) is 25.1 Å². The number of aryl methyl sites for hydroxylation is 2. The van der Waals surface area contributed by atoms with Crippen LogP contribution in [0.4, 0.5) is 5.82 Å². The van der Waals surface area contributed by atoms with Crippen LogP contribution in [0.3, 0.4) is 0 Å². The Morgan fingerprint density at radius 1 is 1.30 bits per heavy atom. The van der Waals surface area contributed by atoms with Gasteiger partial charge in [0.25, 0.3) is 0 Å². The number of nitrogens with zero attached hydrogens (tertiary/aromatic N) is 4. The number of hydrogen-bond donors (Lipinski definition) is 2. The number of rotatable bonds is 10. The molecule has 0 saturated carbocycles. The van der Waals surface area contributed by atoms with E-state index in [1.807, 2.05) is 0 Å². The van der Waals surface area contributed by atoms with Crippen LogP contribution in [-0.4, -0.2) is 57.0 Å². The number of aromatic nitrogens is 3. The highest BCUT2D eigenvalue weighted by Crippen LogP contribution is 2.34. The fraction of sp³-hybridized carbons (Fsp3) is 0.522. The third-order valence-electron chi connectivity index (χ3n) is 6.20. The standard InChI is InChI=1S/C23H29N5O4.H2S/c1-32-23-25-12-17(13-26-23)19(11-20(29)30)28-14-16(22(28)31)5-2-3-7-18-9-8-15-6-4-10-24-21(15)27-18;/h8-9,12-13,16,19H,2-7,10-11,14H2,1H3,(H,24,27)(H,29,30);1H2/t16?,19-;/m0./s1. The first-order valence-corrected chi connectivity index (χ1v) is 11.2. The van der Waals surface area contributed by atoms with Gasteiger partial charge in [-0.25, -0.2) is 15.0 Å². The van der Waals surface area contributed by atoms with Crippen LogP contribution in [0.2, 0.25) is 0 Å². The highest BCUT2D eigenvalue weighted by Gasteiger charge is 2.41. The lowest BCUT2D eigenvalue weighted by Gasteiger charge is -2.43. The van der Waals surface area contributed by atoms with E-state index in [2.05, 4.69) is 27.4 Å². The Kier molecular flexibility index (Phi) is 8.49. The monoisotopic (exact) mass is 473 g/mol. The second kappa shape index (κ2) is 11.3. The van der Waals surface area contributed by atoms with E-state index in [4.69, 9.17) is 9.72 Å². The Morgan fingerprint density at radius 2 is 2.09 bits per heavy atom. The molecule has 33 heavy (non-hydrogen) atoms. The average Bonchev–Trinajstić information content (AvgIpc) is 2.81. The molecule has 2 N–H and O–H groups in total. The molecule has 1 fully saturated rings. The van der Waals surface area contributed by atoms with Gasteiger partial charge in [-0.3, -0.25) is 9.59 Å². The van der Waals surface area contributed by atoms with Crippen molar-refractivity contribution in [3.63, 3.8) is 0 Å². The lowest BCUT2D eigenvalue weighted by molar-refractivity contribution is -0.154. The zero-order valence-corrected chi connectivity index (χ0v) is 19.8. The number of hydrogen-bond acceptors (Lipinski definition) is 7. The van der Waals surface area contributed by atoms with E-state index in [9.17, 15) is 14.7 Å². The van der Waals surface area contributed by atoms with Crippen LogP contribution in [0.15, 0.2) is 24.5 Å². The van der Waals surface area contributed by atoms with Crippen molar-refractivity contribution < 1.29 is 19.4 Å². The van der Waals surface area contributed by atoms with E-state index in [0.717, 1.165) is 56.6 Å². The molecule has 2 aromatic rings. The number of carbonyl (C=O) groups is 2. The first-order valence-electron chi connectivity index (χ1n) is 11.2. The molecule has 0 aromatic carbocycles. The van der Waals surface area contributed by atoms with Crippen molar-refractivity contribution in [2.45, 2.75) is 51.0 Å². The summed E-state index contributed by atoms with van der Waals surface area (Å²) < 4.78 is 4.96. The SMILES string of the molecule is COc1ncc([C@H](CC(=O)O)N2CC(CCCCc3ccc4c(n3)NCCC4)C2=O)cn1.S. The van der Waals surface area contributed by atoms with Crippen LogP contribution in [0.1, 0.15) is 55.0 Å². The molecule has 178 valence electrons. The quantitative estimate of drug-likeness (QED) is 0.400. The molecule has 4 rings (SSSR count). The summed E-state index contributed by atoms with van der Waals surface area (Å²) in [5, 5.41) is 12.7. The number of amides is 1. The summed E-state index contributed by atoms with van der Waals surface area (Å²) in [7, 11) is 1.46. The highest BCUT2D eigenvalue weighted by molar-refractivity contribution is 7.59. The number of methoxy groups -OCH3 is 1. The molecule has 1 amide bonds. The number of anilines is 1. The lowest BCUT2D eigenvalue weighted by Crippen LogP contribution is -2.54. The zero-order valence-electron chi connectivity index (χ0n) is 18.8. The van der Waals surface area contributed by atoms with Crippen LogP contribution < -0.4 is 10.1 Å². The molecule has 1 saturated heterocycles. The van der Waals surface area contributed by atoms with Crippen LogP contribution in [0.25, 0.3) is 0 Å². The van der Waals surface area contributed by atoms with Crippen molar-refractivity contribution >= 4 is 31.2 Å². The number of nitrogens with one attached hydrogen (secondary N) is 1. The maximum absolute atomic E-state index is 12.8. The van der Waals surface area contributed by atoms with Crippen molar-refractivity contribution in [3.05, 3.63) is 41.3 Å². The third-order valence-corrected chi connectivity index (χ3v) is 6.20. The van der Waals surface area contributed by atoms with E-state index in [-0.39, 0.29) is 37.8 Å². The fourth-order valence-electron chi connectivity index (χ4n) is 4.41. The van der Waals surface area contributed by atoms with Crippen molar-refractivity contribution in [1.82, 2.24) is 19.9 Å². The predicted molar refractivity (Wildman–Crippen MR) is 128 cm³/mol. The maximum Gasteiger partial charge on any atom is 0.316 e. The first kappa shape index (κ1) is 24.8. The molecule has 9 nitrogen and oxygen atoms in total. The number of ether oxygens (including phenoxy) is 1. The Bertz CT molecular complexity index is 972. The van der Waals surface area contributed by atoms with Gasteiger partial charge in [0.05, 0.1) is 25.5 Å². The van der Waals surface area contributed by atoms with Crippen molar-refractivity contribution in [2.24, 2.45) is 5.92 Å². The summed E-state index contributed by atoms with van der Waals surface area (Å²) >= 11 is 0. The zero-order chi connectivity index (χ0) is 22.5. The molecular formula is C23H31N5O4S. The Hall–Kier alpha value is -2.88. The maximum atomic E-state index is 12.8. The summed E-state index contributed by atoms with van der Waals surface area (Å²) in [5.74, 6) is 0.00597. The molecule has 1 unspecified atom stereocenters. The molecule has 2 aliphatic heterocycles. The van der Waals surface area contributed by atoms with Crippen LogP contribution in [0, 0.1) is 5.92 Å². The Morgan fingerprint density at radius 3 is 2.79 bits per heavy atom. The van der Waals surface area contributed by atoms with Crippen LogP contribution in [0.5, 0.6) is 6.01 Å². The summed E-state index contributed by atoms with van der Waals surface area (Å²) in [6.45, 7) is 1.54. The number of pyridine rings is 1. The number of β-lactam (4-membered cyclic amide) rings is 1. The predicted octanol–water partition coefficient (Wildman–Crippen LogP) is 2.74. The second-order valence-electron chi connectivity index (χ2n) is 8.39. The van der Waals surface area contributed by atoms with Crippen LogP contribution in [-0.2, 0) is 22.4 Å². The van der Waals surface area contributed by atoms with Gasteiger partial charge >= 0.3 is 12.0 Å². The van der Waals surface area contributed by atoms with Gasteiger partial charge in [-0.05, 0) is 43.7 Å². The molecule has 0 spiro atoms. The molecule has 4 heterocycles. The second-order valence-corrected chi connectivity index (χ2v) is 8.39. The molecule has 2 aliphatic rings. The van der Waals surface area contributed by atoms with Gasteiger partial charge in [0.1, 0.15) is 5.82 Å². The van der Waals surface area contributed by atoms with Gasteiger partial charge in [-0.1, -0.05) is 12.5 Å². The smallest absolute Gasteiger partial charge is 0.316 e. The number of likely N-dealkylation sites (tertiary alicyclic amines) is 1. The van der Waals surface area contributed by atoms with Gasteiger partial charge in [0.2, 0.25) is 5.91 Å². The van der Waals surface area contributed by atoms with Gasteiger partial charge in [0, 0.05) is 36.7 Å². The molecule has 0 radical (unpaired) electrons. The number of unbranched alkanes of at least 4 members (excludes halogenated alkanes) is 1. The van der Waals surface area contributed by atoms with Crippen LogP contribution >= 0.6 is 13.5 Å². The molecule has 10 heteroatoms. The number of carbonyl (C=O) groups excluding carboxylic acids is 1. The van der Waals surface area contributed by atoms with Gasteiger partial charge in [-0.15, -0.1) is 0 Å². The molecule has 2 atom stereocenters. The van der Waals surface area contributed by atoms with E-state index in [0.29, 0.717) is 12.1 Å². The largest absolute Gasteiger partial charge is 0.481 e. The van der Waals surface area contributed by atoms with Gasteiger partial charge in [-0.2, -0.15) is 13.5 Å². The number of aliphatic carboxylic acids is 1. The van der Waals surface area contributed by atoms with Crippen molar-refractivity contribution in [2.75, 3.05) is 25.5 Å². The fourth-order valence-corrected chi connectivity index (χ4v) is 4.41. The van der Waals surface area contributed by atoms with Crippen molar-refractivity contribution in [1.29, 1.82) is 0 Å². The minimum atomic E-state index is -0.964. The topological polar surface area (TPSA) is 118 Å². The van der Waals surface area contributed by atoms with Crippen molar-refractivity contribution in [3.8, 4) is 6.01 Å². The summed E-state index contributed by atoms with van der Waals surface area (Å²) in [5.41, 5.74) is 2.98. The molecule has 0 bridgehead atoms. The number of carboxylic acids is 1. The average molecular weight is 474 g/mol. The third kappa shape index (κ3) is 5.93. The molecular weight excluding hydrogens is 442 g/mol. The summed E-state index contributed by atoms with van der Waals surface area (Å²) in [6.07, 6.45) is 8.72. The normalized spacial score (nSPS) is 17.8. The molecule has 2 aromatic heterocycles. The van der Waals surface area contributed by atoms with E-state index in [1.54, 1.807) is 4.90 Å².